The lowest BCUT2D eigenvalue weighted by molar-refractivity contribution is -0.274. The third-order valence-corrected chi connectivity index (χ3v) is 4.18. The molecule has 0 aromatic heterocycles. The number of hydrogen-bond donors (Lipinski definition) is 0. The van der Waals surface area contributed by atoms with Crippen molar-refractivity contribution in [1.82, 2.24) is 0 Å². The smallest absolute Gasteiger partial charge is 0.405 e. The SMILES string of the molecule is C[Si](C)(C)C#Cc1ccc(-c2ccccc2OC(F)(F)F)c(C(F)(F)F)c1. The Morgan fingerprint density at radius 3 is 2.04 bits per heavy atom. The summed E-state index contributed by atoms with van der Waals surface area (Å²) in [4.78, 5) is 0. The molecule has 2 aromatic carbocycles. The van der Waals surface area contributed by atoms with E-state index < -0.39 is 37.5 Å². The number of halogens is 6. The van der Waals surface area contributed by atoms with Crippen molar-refractivity contribution in [3.63, 3.8) is 0 Å². The zero-order valence-corrected chi connectivity index (χ0v) is 15.7. The molecule has 0 spiro atoms. The Labute approximate surface area is 154 Å². The molecule has 0 bridgehead atoms. The third kappa shape index (κ3) is 6.07. The molecule has 0 fully saturated rings. The molecule has 0 saturated heterocycles. The molecule has 0 aliphatic heterocycles. The van der Waals surface area contributed by atoms with E-state index in [1.807, 2.05) is 19.6 Å². The van der Waals surface area contributed by atoms with E-state index in [0.717, 1.165) is 24.3 Å². The monoisotopic (exact) mass is 402 g/mol. The van der Waals surface area contributed by atoms with Gasteiger partial charge >= 0.3 is 12.5 Å². The summed E-state index contributed by atoms with van der Waals surface area (Å²) < 4.78 is 82.3. The van der Waals surface area contributed by atoms with Crippen LogP contribution in [-0.2, 0) is 6.18 Å². The third-order valence-electron chi connectivity index (χ3n) is 3.31. The fourth-order valence-electron chi connectivity index (χ4n) is 2.25. The van der Waals surface area contributed by atoms with Gasteiger partial charge in [-0.2, -0.15) is 13.2 Å². The van der Waals surface area contributed by atoms with Crippen LogP contribution >= 0.6 is 0 Å². The van der Waals surface area contributed by atoms with Crippen molar-refractivity contribution >= 4 is 8.07 Å². The van der Waals surface area contributed by atoms with Crippen molar-refractivity contribution in [2.75, 3.05) is 0 Å². The van der Waals surface area contributed by atoms with E-state index in [1.165, 1.54) is 18.2 Å². The van der Waals surface area contributed by atoms with Crippen LogP contribution < -0.4 is 4.74 Å². The minimum absolute atomic E-state index is 0.155. The lowest BCUT2D eigenvalue weighted by atomic mass is 9.96. The van der Waals surface area contributed by atoms with Gasteiger partial charge in [0, 0.05) is 11.1 Å². The highest BCUT2D eigenvalue weighted by Crippen LogP contribution is 2.41. The Kier molecular flexibility index (Phi) is 5.66. The number of benzene rings is 2. The average molecular weight is 402 g/mol. The molecule has 144 valence electrons. The molecule has 0 atom stereocenters. The standard InChI is InChI=1S/C19H16F6OSi/c1-27(2,3)11-10-13-8-9-14(16(12-13)18(20,21)22)15-6-4-5-7-17(15)26-19(23,24)25/h4-9,12H,1-3H3. The van der Waals surface area contributed by atoms with Crippen LogP contribution in [0.1, 0.15) is 11.1 Å². The van der Waals surface area contributed by atoms with Crippen LogP contribution in [0.4, 0.5) is 26.3 Å². The highest BCUT2D eigenvalue weighted by Gasteiger charge is 2.36. The fourth-order valence-corrected chi connectivity index (χ4v) is 2.77. The second kappa shape index (κ2) is 7.31. The van der Waals surface area contributed by atoms with Crippen LogP contribution in [0, 0.1) is 11.5 Å². The molecule has 0 unspecified atom stereocenters. The van der Waals surface area contributed by atoms with E-state index in [9.17, 15) is 26.3 Å². The average Bonchev–Trinajstić information content (AvgIpc) is 2.50. The van der Waals surface area contributed by atoms with Gasteiger partial charge in [0.15, 0.2) is 0 Å². The van der Waals surface area contributed by atoms with Crippen molar-refractivity contribution in [2.24, 2.45) is 0 Å². The van der Waals surface area contributed by atoms with Crippen LogP contribution in [0.3, 0.4) is 0 Å². The van der Waals surface area contributed by atoms with Crippen LogP contribution in [-0.4, -0.2) is 14.4 Å². The molecule has 0 aliphatic rings. The zero-order chi connectivity index (χ0) is 20.5. The quantitative estimate of drug-likeness (QED) is 0.317. The molecule has 0 N–H and O–H groups in total. The lowest BCUT2D eigenvalue weighted by Crippen LogP contribution is -2.18. The van der Waals surface area contributed by atoms with Crippen molar-refractivity contribution in [3.8, 4) is 28.3 Å². The molecule has 0 heterocycles. The van der Waals surface area contributed by atoms with Gasteiger partial charge in [0.1, 0.15) is 13.8 Å². The molecular weight excluding hydrogens is 386 g/mol. The molecule has 2 aromatic rings. The maximum Gasteiger partial charge on any atom is 0.573 e. The van der Waals surface area contributed by atoms with Crippen LogP contribution in [0.2, 0.25) is 19.6 Å². The summed E-state index contributed by atoms with van der Waals surface area (Å²) >= 11 is 0. The van der Waals surface area contributed by atoms with Crippen molar-refractivity contribution in [2.45, 2.75) is 32.2 Å². The minimum atomic E-state index is -5.02. The van der Waals surface area contributed by atoms with Gasteiger partial charge in [-0.05, 0) is 23.8 Å². The summed E-state index contributed by atoms with van der Waals surface area (Å²) in [7, 11) is -1.80. The van der Waals surface area contributed by atoms with Gasteiger partial charge in [-0.3, -0.25) is 0 Å². The number of ether oxygens (including phenoxy) is 1. The van der Waals surface area contributed by atoms with Gasteiger partial charge < -0.3 is 4.74 Å². The van der Waals surface area contributed by atoms with E-state index >= 15 is 0 Å². The maximum atomic E-state index is 13.6. The predicted octanol–water partition coefficient (Wildman–Crippen LogP) is 6.50. The molecular formula is C19H16F6OSi. The highest BCUT2D eigenvalue weighted by molar-refractivity contribution is 6.83. The summed E-state index contributed by atoms with van der Waals surface area (Å²) in [6, 6.07) is 8.06. The van der Waals surface area contributed by atoms with Crippen LogP contribution in [0.25, 0.3) is 11.1 Å². The summed E-state index contributed by atoms with van der Waals surface area (Å²) in [6.07, 6.45) is -9.78. The first-order valence-electron chi connectivity index (χ1n) is 7.86. The number of para-hydroxylation sites is 1. The van der Waals surface area contributed by atoms with E-state index in [4.69, 9.17) is 0 Å². The second-order valence-electron chi connectivity index (χ2n) is 6.80. The summed E-state index contributed by atoms with van der Waals surface area (Å²) in [5.74, 6) is 2.03. The molecule has 0 amide bonds. The Balaban J connectivity index is 2.63. The van der Waals surface area contributed by atoms with Gasteiger partial charge in [0.05, 0.1) is 5.56 Å². The van der Waals surface area contributed by atoms with Gasteiger partial charge in [-0.25, -0.2) is 0 Å². The van der Waals surface area contributed by atoms with Crippen LogP contribution in [0.15, 0.2) is 42.5 Å². The van der Waals surface area contributed by atoms with Gasteiger partial charge in [-0.1, -0.05) is 49.8 Å². The number of hydrogen-bond acceptors (Lipinski definition) is 1. The first kappa shape index (κ1) is 20.9. The predicted molar refractivity (Wildman–Crippen MR) is 93.8 cm³/mol. The van der Waals surface area contributed by atoms with E-state index in [0.29, 0.717) is 0 Å². The maximum absolute atomic E-state index is 13.6. The number of rotatable bonds is 2. The normalized spacial score (nSPS) is 12.3. The lowest BCUT2D eigenvalue weighted by Gasteiger charge is -2.17. The van der Waals surface area contributed by atoms with Crippen molar-refractivity contribution in [1.29, 1.82) is 0 Å². The molecule has 1 nitrogen and oxygen atoms in total. The van der Waals surface area contributed by atoms with E-state index in [-0.39, 0.29) is 11.1 Å². The van der Waals surface area contributed by atoms with Gasteiger partial charge in [-0.15, -0.1) is 18.7 Å². The fraction of sp³-hybridized carbons (Fsp3) is 0.263. The van der Waals surface area contributed by atoms with E-state index in [2.05, 4.69) is 16.2 Å². The Morgan fingerprint density at radius 2 is 1.48 bits per heavy atom. The molecule has 0 saturated carbocycles. The summed E-state index contributed by atoms with van der Waals surface area (Å²) in [6.45, 7) is 5.84. The molecule has 0 radical (unpaired) electrons. The molecule has 27 heavy (non-hydrogen) atoms. The summed E-state index contributed by atoms with van der Waals surface area (Å²) in [5, 5.41) is 0. The highest BCUT2D eigenvalue weighted by atomic mass is 28.3. The van der Waals surface area contributed by atoms with Crippen molar-refractivity contribution < 1.29 is 31.1 Å². The first-order valence-corrected chi connectivity index (χ1v) is 11.4. The summed E-state index contributed by atoms with van der Waals surface area (Å²) in [5.41, 5.74) is 1.35. The Bertz CT molecular complexity index is 882. The molecule has 0 aliphatic carbocycles. The van der Waals surface area contributed by atoms with Gasteiger partial charge in [0.25, 0.3) is 0 Å². The van der Waals surface area contributed by atoms with E-state index in [1.54, 1.807) is 0 Å². The number of alkyl halides is 6. The largest absolute Gasteiger partial charge is 0.573 e. The van der Waals surface area contributed by atoms with Gasteiger partial charge in [0.2, 0.25) is 0 Å². The topological polar surface area (TPSA) is 9.23 Å². The van der Waals surface area contributed by atoms with Crippen LogP contribution in [0.5, 0.6) is 5.75 Å². The second-order valence-corrected chi connectivity index (χ2v) is 11.6. The minimum Gasteiger partial charge on any atom is -0.405 e. The Hall–Kier alpha value is -2.40. The molecule has 8 heteroatoms. The van der Waals surface area contributed by atoms with Crippen molar-refractivity contribution in [3.05, 3.63) is 53.6 Å². The first-order chi connectivity index (χ1) is 12.3. The zero-order valence-electron chi connectivity index (χ0n) is 14.7. The molecule has 2 rings (SSSR count). The Morgan fingerprint density at radius 1 is 0.852 bits per heavy atom.